The minimum atomic E-state index is -4.78. The smallest absolute Gasteiger partial charge is 0.416 e. The van der Waals surface area contributed by atoms with E-state index in [1.807, 2.05) is 0 Å². The van der Waals surface area contributed by atoms with Crippen molar-refractivity contribution in [2.45, 2.75) is 18.0 Å². The summed E-state index contributed by atoms with van der Waals surface area (Å²) in [6, 6.07) is 7.12. The zero-order chi connectivity index (χ0) is 26.5. The first-order chi connectivity index (χ1) is 16.9. The Labute approximate surface area is 205 Å². The maximum atomic E-state index is 13.5. The number of carbonyl (C=O) groups excluding carboxylic acids is 1. The number of alkyl halides is 3. The number of hydrogen-bond acceptors (Lipinski definition) is 8. The van der Waals surface area contributed by atoms with Gasteiger partial charge in [-0.05, 0) is 30.3 Å². The van der Waals surface area contributed by atoms with Crippen LogP contribution in [-0.2, 0) is 25.5 Å². The second kappa shape index (κ2) is 10.9. The van der Waals surface area contributed by atoms with Crippen molar-refractivity contribution < 1.29 is 35.9 Å². The number of nitrogens with zero attached hydrogens (tertiary/aromatic N) is 2. The fourth-order valence-electron chi connectivity index (χ4n) is 3.08. The molecule has 0 bridgehead atoms. The van der Waals surface area contributed by atoms with Crippen molar-refractivity contribution in [1.29, 1.82) is 0 Å². The third-order valence-electron chi connectivity index (χ3n) is 4.72. The van der Waals surface area contributed by atoms with E-state index in [9.17, 15) is 26.4 Å². The average Bonchev–Trinajstić information content (AvgIpc) is 2.78. The molecule has 2 N–H and O–H groups in total. The SMILES string of the molecule is COCCOc1ccc(-c2cnc(NC(C)=O)cc2Nc2cc(C(F)(F)F)cc(S(C)(=O)=O)c2)nc1. The van der Waals surface area contributed by atoms with E-state index in [1.54, 1.807) is 19.2 Å². The standard InChI is InChI=1S/C23H23F3N4O5S/c1-14(31)29-22-11-21(19(13-28-22)20-5-4-17(12-27-20)35-7-6-34-2)30-16-8-15(23(24,25)26)9-18(10-16)36(3,32)33/h4-5,8-13H,6-7H2,1-3H3,(H2,28,29,30,31). The summed E-state index contributed by atoms with van der Waals surface area (Å²) in [5.41, 5.74) is -0.264. The van der Waals surface area contributed by atoms with Crippen molar-refractivity contribution in [3.05, 3.63) is 54.4 Å². The van der Waals surface area contributed by atoms with Gasteiger partial charge in [-0.15, -0.1) is 0 Å². The summed E-state index contributed by atoms with van der Waals surface area (Å²) in [5.74, 6) is 0.197. The van der Waals surface area contributed by atoms with Crippen LogP contribution in [0.4, 0.5) is 30.4 Å². The van der Waals surface area contributed by atoms with Gasteiger partial charge in [-0.2, -0.15) is 13.2 Å². The number of rotatable bonds is 9. The summed E-state index contributed by atoms with van der Waals surface area (Å²) in [5, 5.41) is 5.32. The van der Waals surface area contributed by atoms with Gasteiger partial charge in [0.05, 0.1) is 34.6 Å². The number of amides is 1. The normalized spacial score (nSPS) is 11.7. The molecule has 36 heavy (non-hydrogen) atoms. The van der Waals surface area contributed by atoms with Gasteiger partial charge in [0.25, 0.3) is 0 Å². The Hall–Kier alpha value is -3.71. The Morgan fingerprint density at radius 2 is 1.81 bits per heavy atom. The Bertz CT molecular complexity index is 1350. The first kappa shape index (κ1) is 26.9. The lowest BCUT2D eigenvalue weighted by Crippen LogP contribution is -2.10. The summed E-state index contributed by atoms with van der Waals surface area (Å²) in [6.45, 7) is 1.98. The molecule has 3 rings (SSSR count). The van der Waals surface area contributed by atoms with E-state index < -0.39 is 32.4 Å². The number of hydrogen-bond donors (Lipinski definition) is 2. The number of pyridine rings is 2. The highest BCUT2D eigenvalue weighted by Gasteiger charge is 2.32. The fourth-order valence-corrected chi connectivity index (χ4v) is 3.77. The van der Waals surface area contributed by atoms with E-state index in [-0.39, 0.29) is 17.2 Å². The van der Waals surface area contributed by atoms with Gasteiger partial charge in [-0.1, -0.05) is 0 Å². The molecule has 0 spiro atoms. The number of carbonyl (C=O) groups is 1. The second-order valence-electron chi connectivity index (χ2n) is 7.66. The molecule has 0 atom stereocenters. The molecule has 13 heteroatoms. The number of methoxy groups -OCH3 is 1. The molecule has 0 radical (unpaired) electrons. The van der Waals surface area contributed by atoms with Gasteiger partial charge in [0.2, 0.25) is 5.91 Å². The molecular formula is C23H23F3N4O5S. The molecule has 1 amide bonds. The Morgan fingerprint density at radius 3 is 2.39 bits per heavy atom. The van der Waals surface area contributed by atoms with Crippen LogP contribution in [0.5, 0.6) is 5.75 Å². The van der Waals surface area contributed by atoms with Crippen LogP contribution in [0.15, 0.2) is 53.7 Å². The first-order valence-corrected chi connectivity index (χ1v) is 12.3. The van der Waals surface area contributed by atoms with Crippen molar-refractivity contribution in [1.82, 2.24) is 9.97 Å². The van der Waals surface area contributed by atoms with Crippen LogP contribution in [0.25, 0.3) is 11.3 Å². The number of benzene rings is 1. The van der Waals surface area contributed by atoms with E-state index in [0.29, 0.717) is 36.3 Å². The maximum absolute atomic E-state index is 13.5. The predicted octanol–water partition coefficient (Wildman–Crippen LogP) is 4.29. The summed E-state index contributed by atoms with van der Waals surface area (Å²) in [6.07, 6.45) is -1.12. The molecular weight excluding hydrogens is 501 g/mol. The van der Waals surface area contributed by atoms with Crippen LogP contribution in [0.2, 0.25) is 0 Å². The predicted molar refractivity (Wildman–Crippen MR) is 127 cm³/mol. The van der Waals surface area contributed by atoms with E-state index in [0.717, 1.165) is 18.4 Å². The van der Waals surface area contributed by atoms with Crippen LogP contribution in [0.1, 0.15) is 12.5 Å². The Kier molecular flexibility index (Phi) is 8.15. The third kappa shape index (κ3) is 7.15. The first-order valence-electron chi connectivity index (χ1n) is 10.4. The van der Waals surface area contributed by atoms with Crippen LogP contribution >= 0.6 is 0 Å². The van der Waals surface area contributed by atoms with Crippen molar-refractivity contribution in [3.63, 3.8) is 0 Å². The molecule has 0 saturated carbocycles. The molecule has 3 aromatic rings. The lowest BCUT2D eigenvalue weighted by atomic mass is 10.1. The van der Waals surface area contributed by atoms with Crippen LogP contribution in [0, 0.1) is 0 Å². The van der Waals surface area contributed by atoms with Crippen molar-refractivity contribution in [2.75, 3.05) is 37.2 Å². The van der Waals surface area contributed by atoms with Gasteiger partial charge < -0.3 is 20.1 Å². The van der Waals surface area contributed by atoms with Gasteiger partial charge in [-0.25, -0.2) is 13.4 Å². The molecule has 0 saturated heterocycles. The van der Waals surface area contributed by atoms with Crippen molar-refractivity contribution >= 4 is 32.9 Å². The van der Waals surface area contributed by atoms with Crippen LogP contribution < -0.4 is 15.4 Å². The molecule has 2 heterocycles. The summed E-state index contributed by atoms with van der Waals surface area (Å²) in [7, 11) is -2.40. The number of sulfone groups is 1. The topological polar surface area (TPSA) is 120 Å². The lowest BCUT2D eigenvalue weighted by molar-refractivity contribution is -0.137. The van der Waals surface area contributed by atoms with Crippen LogP contribution in [-0.4, -0.2) is 50.9 Å². The van der Waals surface area contributed by atoms with Gasteiger partial charge in [0.1, 0.15) is 18.2 Å². The summed E-state index contributed by atoms with van der Waals surface area (Å²) >= 11 is 0. The molecule has 1 aromatic carbocycles. The zero-order valence-electron chi connectivity index (χ0n) is 19.5. The highest BCUT2D eigenvalue weighted by molar-refractivity contribution is 7.90. The molecule has 0 unspecified atom stereocenters. The van der Waals surface area contributed by atoms with Gasteiger partial charge >= 0.3 is 6.18 Å². The Balaban J connectivity index is 2.06. The van der Waals surface area contributed by atoms with Crippen molar-refractivity contribution in [2.24, 2.45) is 0 Å². The number of nitrogens with one attached hydrogen (secondary N) is 2. The van der Waals surface area contributed by atoms with Gasteiger partial charge in [0.15, 0.2) is 9.84 Å². The van der Waals surface area contributed by atoms with E-state index in [2.05, 4.69) is 20.6 Å². The maximum Gasteiger partial charge on any atom is 0.416 e. The summed E-state index contributed by atoms with van der Waals surface area (Å²) in [4.78, 5) is 19.5. The largest absolute Gasteiger partial charge is 0.490 e. The number of anilines is 3. The van der Waals surface area contributed by atoms with Crippen molar-refractivity contribution in [3.8, 4) is 17.0 Å². The van der Waals surface area contributed by atoms with E-state index in [1.165, 1.54) is 25.4 Å². The highest BCUT2D eigenvalue weighted by atomic mass is 32.2. The Morgan fingerprint density at radius 1 is 1.06 bits per heavy atom. The fraction of sp³-hybridized carbons (Fsp3) is 0.261. The molecule has 192 valence electrons. The highest BCUT2D eigenvalue weighted by Crippen LogP contribution is 2.36. The zero-order valence-corrected chi connectivity index (χ0v) is 20.3. The minimum absolute atomic E-state index is 0.128. The van der Waals surface area contributed by atoms with E-state index >= 15 is 0 Å². The molecule has 0 aliphatic carbocycles. The minimum Gasteiger partial charge on any atom is -0.490 e. The van der Waals surface area contributed by atoms with E-state index in [4.69, 9.17) is 9.47 Å². The quantitative estimate of drug-likeness (QED) is 0.398. The lowest BCUT2D eigenvalue weighted by Gasteiger charge is -2.16. The van der Waals surface area contributed by atoms with Gasteiger partial charge in [-0.3, -0.25) is 9.78 Å². The molecule has 9 nitrogen and oxygen atoms in total. The number of ether oxygens (including phenoxy) is 2. The molecule has 0 aliphatic rings. The molecule has 2 aromatic heterocycles. The number of halogens is 3. The average molecular weight is 525 g/mol. The summed E-state index contributed by atoms with van der Waals surface area (Å²) < 4.78 is 74.9. The van der Waals surface area contributed by atoms with Crippen LogP contribution in [0.3, 0.4) is 0 Å². The molecule has 0 aliphatic heterocycles. The molecule has 0 fully saturated rings. The van der Waals surface area contributed by atoms with Gasteiger partial charge in [0, 0.05) is 43.8 Å². The third-order valence-corrected chi connectivity index (χ3v) is 5.81. The monoisotopic (exact) mass is 524 g/mol. The number of aromatic nitrogens is 2. The second-order valence-corrected chi connectivity index (χ2v) is 9.67.